The van der Waals surface area contributed by atoms with Crippen LogP contribution in [0.3, 0.4) is 0 Å². The van der Waals surface area contributed by atoms with Crippen LogP contribution in [-0.4, -0.2) is 16.4 Å². The van der Waals surface area contributed by atoms with Crippen molar-refractivity contribution in [2.75, 3.05) is 6.61 Å². The van der Waals surface area contributed by atoms with Crippen LogP contribution >= 0.6 is 0 Å². The van der Waals surface area contributed by atoms with E-state index in [4.69, 9.17) is 4.74 Å². The van der Waals surface area contributed by atoms with Gasteiger partial charge in [0.1, 0.15) is 0 Å². The Balaban J connectivity index is 2.24. The fourth-order valence-electron chi connectivity index (χ4n) is 1.85. The van der Waals surface area contributed by atoms with Gasteiger partial charge in [-0.05, 0) is 32.4 Å². The quantitative estimate of drug-likeness (QED) is 0.807. The number of nitrogens with zero attached hydrogens (tertiary/aromatic N) is 2. The molecule has 1 heterocycles. The zero-order valence-electron chi connectivity index (χ0n) is 10.6. The number of rotatable bonds is 4. The second kappa shape index (κ2) is 5.15. The lowest BCUT2D eigenvalue weighted by Gasteiger charge is -2.06. The Morgan fingerprint density at radius 1 is 1.29 bits per heavy atom. The van der Waals surface area contributed by atoms with E-state index in [-0.39, 0.29) is 0 Å². The molecule has 0 radical (unpaired) electrons. The van der Waals surface area contributed by atoms with Crippen LogP contribution in [0.15, 0.2) is 30.6 Å². The highest BCUT2D eigenvalue weighted by molar-refractivity contribution is 5.42. The summed E-state index contributed by atoms with van der Waals surface area (Å²) >= 11 is 0. The van der Waals surface area contributed by atoms with E-state index in [9.17, 15) is 0 Å². The molecule has 0 bridgehead atoms. The van der Waals surface area contributed by atoms with Crippen molar-refractivity contribution in [2.45, 2.75) is 27.4 Å². The first kappa shape index (κ1) is 11.9. The van der Waals surface area contributed by atoms with Gasteiger partial charge in [0.2, 0.25) is 0 Å². The zero-order valence-corrected chi connectivity index (χ0v) is 10.6. The zero-order chi connectivity index (χ0) is 12.3. The Morgan fingerprint density at radius 2 is 2.12 bits per heavy atom. The van der Waals surface area contributed by atoms with Gasteiger partial charge in [0.15, 0.2) is 0 Å². The highest BCUT2D eigenvalue weighted by Gasteiger charge is 2.04. The summed E-state index contributed by atoms with van der Waals surface area (Å²) in [6, 6.07) is 6.37. The van der Waals surface area contributed by atoms with Crippen LogP contribution in [0.4, 0.5) is 0 Å². The van der Waals surface area contributed by atoms with Crippen LogP contribution in [0.1, 0.15) is 23.6 Å². The van der Waals surface area contributed by atoms with Gasteiger partial charge in [-0.2, -0.15) is 5.10 Å². The molecular weight excluding hydrogens is 212 g/mol. The van der Waals surface area contributed by atoms with E-state index in [1.165, 1.54) is 11.1 Å². The van der Waals surface area contributed by atoms with E-state index >= 15 is 0 Å². The molecule has 0 spiro atoms. The summed E-state index contributed by atoms with van der Waals surface area (Å²) in [5.41, 5.74) is 4.73. The monoisotopic (exact) mass is 230 g/mol. The Labute approximate surface area is 102 Å². The van der Waals surface area contributed by atoms with Crippen molar-refractivity contribution in [3.05, 3.63) is 47.3 Å². The van der Waals surface area contributed by atoms with E-state index in [2.05, 4.69) is 37.1 Å². The third kappa shape index (κ3) is 2.74. The predicted octanol–water partition coefficient (Wildman–Crippen LogP) is 3.03. The van der Waals surface area contributed by atoms with Gasteiger partial charge >= 0.3 is 0 Å². The molecule has 0 atom stereocenters. The van der Waals surface area contributed by atoms with E-state index < -0.39 is 0 Å². The maximum absolute atomic E-state index is 5.36. The Hall–Kier alpha value is -1.61. The molecule has 0 fully saturated rings. The predicted molar refractivity (Wildman–Crippen MR) is 68.4 cm³/mol. The second-order valence-electron chi connectivity index (χ2n) is 4.22. The highest BCUT2D eigenvalue weighted by atomic mass is 16.5. The van der Waals surface area contributed by atoms with Crippen molar-refractivity contribution in [3.63, 3.8) is 0 Å². The van der Waals surface area contributed by atoms with Gasteiger partial charge in [-0.15, -0.1) is 0 Å². The molecule has 0 unspecified atom stereocenters. The van der Waals surface area contributed by atoms with Crippen LogP contribution in [0.25, 0.3) is 5.69 Å². The van der Waals surface area contributed by atoms with E-state index in [1.54, 1.807) is 0 Å². The third-order valence-electron chi connectivity index (χ3n) is 2.71. The number of hydrogen-bond acceptors (Lipinski definition) is 2. The fourth-order valence-corrected chi connectivity index (χ4v) is 1.85. The number of hydrogen-bond donors (Lipinski definition) is 0. The first-order chi connectivity index (χ1) is 8.20. The highest BCUT2D eigenvalue weighted by Crippen LogP contribution is 2.15. The minimum atomic E-state index is 0.626. The number of ether oxygens (including phenoxy) is 1. The molecule has 3 heteroatoms. The standard InChI is InChI=1S/C14H18N2O/c1-4-17-10-13-8-15-16(9-13)14-6-5-11(2)7-12(14)3/h5-9H,4,10H2,1-3H3. The van der Waals surface area contributed by atoms with Crippen molar-refractivity contribution < 1.29 is 4.74 Å². The first-order valence-corrected chi connectivity index (χ1v) is 5.89. The van der Waals surface area contributed by atoms with Gasteiger partial charge in [-0.3, -0.25) is 0 Å². The van der Waals surface area contributed by atoms with E-state index in [0.29, 0.717) is 6.61 Å². The number of aromatic nitrogens is 2. The van der Waals surface area contributed by atoms with Gasteiger partial charge in [-0.25, -0.2) is 4.68 Å². The van der Waals surface area contributed by atoms with Crippen LogP contribution in [0, 0.1) is 13.8 Å². The van der Waals surface area contributed by atoms with Crippen molar-refractivity contribution >= 4 is 0 Å². The molecule has 0 aliphatic rings. The van der Waals surface area contributed by atoms with Gasteiger partial charge in [-0.1, -0.05) is 17.7 Å². The van der Waals surface area contributed by atoms with Crippen LogP contribution in [-0.2, 0) is 11.3 Å². The summed E-state index contributed by atoms with van der Waals surface area (Å²) in [6.07, 6.45) is 3.88. The maximum Gasteiger partial charge on any atom is 0.0747 e. The summed E-state index contributed by atoms with van der Waals surface area (Å²) in [6.45, 7) is 7.55. The molecule has 1 aromatic heterocycles. The van der Waals surface area contributed by atoms with Crippen molar-refractivity contribution in [1.82, 2.24) is 9.78 Å². The first-order valence-electron chi connectivity index (χ1n) is 5.89. The maximum atomic E-state index is 5.36. The summed E-state index contributed by atoms with van der Waals surface area (Å²) in [4.78, 5) is 0. The van der Waals surface area contributed by atoms with Crippen LogP contribution in [0.2, 0.25) is 0 Å². The van der Waals surface area contributed by atoms with Gasteiger partial charge < -0.3 is 4.74 Å². The Morgan fingerprint density at radius 3 is 2.82 bits per heavy atom. The molecule has 0 N–H and O–H groups in total. The minimum Gasteiger partial charge on any atom is -0.377 e. The minimum absolute atomic E-state index is 0.626. The van der Waals surface area contributed by atoms with Crippen LogP contribution < -0.4 is 0 Å². The molecule has 0 aliphatic carbocycles. The smallest absolute Gasteiger partial charge is 0.0747 e. The van der Waals surface area contributed by atoms with Gasteiger partial charge in [0.25, 0.3) is 0 Å². The fraction of sp³-hybridized carbons (Fsp3) is 0.357. The van der Waals surface area contributed by atoms with Gasteiger partial charge in [0, 0.05) is 18.4 Å². The Bertz CT molecular complexity index is 503. The molecule has 2 aromatic rings. The molecule has 3 nitrogen and oxygen atoms in total. The average Bonchev–Trinajstić information content (AvgIpc) is 2.75. The van der Waals surface area contributed by atoms with Gasteiger partial charge in [0.05, 0.1) is 18.5 Å². The summed E-state index contributed by atoms with van der Waals surface area (Å²) < 4.78 is 7.27. The lowest BCUT2D eigenvalue weighted by Crippen LogP contribution is -1.97. The number of aryl methyl sites for hydroxylation is 2. The molecule has 0 saturated carbocycles. The van der Waals surface area contributed by atoms with E-state index in [0.717, 1.165) is 17.9 Å². The summed E-state index contributed by atoms with van der Waals surface area (Å²) in [7, 11) is 0. The Kier molecular flexibility index (Phi) is 3.59. The molecule has 2 rings (SSSR count). The lowest BCUT2D eigenvalue weighted by molar-refractivity contribution is 0.134. The topological polar surface area (TPSA) is 27.1 Å². The van der Waals surface area contributed by atoms with Crippen molar-refractivity contribution in [2.24, 2.45) is 0 Å². The summed E-state index contributed by atoms with van der Waals surface area (Å²) in [5.74, 6) is 0. The molecule has 90 valence electrons. The van der Waals surface area contributed by atoms with E-state index in [1.807, 2.05) is 24.0 Å². The molecule has 17 heavy (non-hydrogen) atoms. The van der Waals surface area contributed by atoms with Crippen molar-refractivity contribution in [3.8, 4) is 5.69 Å². The average molecular weight is 230 g/mol. The number of benzene rings is 1. The molecule has 0 saturated heterocycles. The lowest BCUT2D eigenvalue weighted by atomic mass is 10.1. The second-order valence-corrected chi connectivity index (χ2v) is 4.22. The molecule has 1 aromatic carbocycles. The molecule has 0 amide bonds. The molecule has 0 aliphatic heterocycles. The SMILES string of the molecule is CCOCc1cnn(-c2ccc(C)cc2C)c1. The summed E-state index contributed by atoms with van der Waals surface area (Å²) in [5, 5.41) is 4.37. The normalized spacial score (nSPS) is 10.8. The van der Waals surface area contributed by atoms with Crippen LogP contribution in [0.5, 0.6) is 0 Å². The third-order valence-corrected chi connectivity index (χ3v) is 2.71. The molecular formula is C14H18N2O. The largest absolute Gasteiger partial charge is 0.377 e. The van der Waals surface area contributed by atoms with Crippen molar-refractivity contribution in [1.29, 1.82) is 0 Å².